The maximum atomic E-state index is 12.7. The van der Waals surface area contributed by atoms with Crippen molar-refractivity contribution in [3.05, 3.63) is 57.7 Å². The summed E-state index contributed by atoms with van der Waals surface area (Å²) in [5.74, 6) is 0.761. The highest BCUT2D eigenvalue weighted by Crippen LogP contribution is 2.29. The Morgan fingerprint density at radius 3 is 2.68 bits per heavy atom. The molecule has 1 aliphatic carbocycles. The molecule has 1 aromatic carbocycles. The minimum atomic E-state index is -0.185. The van der Waals surface area contributed by atoms with Crippen molar-refractivity contribution in [3.63, 3.8) is 0 Å². The van der Waals surface area contributed by atoms with Crippen molar-refractivity contribution < 1.29 is 0 Å². The van der Waals surface area contributed by atoms with Crippen molar-refractivity contribution in [1.82, 2.24) is 29.1 Å². The molecule has 1 aliphatic rings. The van der Waals surface area contributed by atoms with Crippen molar-refractivity contribution in [3.8, 4) is 5.69 Å². The van der Waals surface area contributed by atoms with Crippen LogP contribution in [0.3, 0.4) is 0 Å². The van der Waals surface area contributed by atoms with Gasteiger partial charge in [-0.25, -0.2) is 14.0 Å². The lowest BCUT2D eigenvalue weighted by atomic mass is 9.95. The monoisotopic (exact) mass is 356 g/mol. The first-order chi connectivity index (χ1) is 12.2. The normalized spacial score (nSPS) is 15.5. The molecular weight excluding hydrogens is 336 g/mol. The summed E-state index contributed by atoms with van der Waals surface area (Å²) in [7, 11) is 0. The molecule has 7 nitrogen and oxygen atoms in total. The quantitative estimate of drug-likeness (QED) is 0.730. The fraction of sp³-hybridized carbons (Fsp3) is 0.412. The molecule has 2 heterocycles. The molecule has 8 heteroatoms. The number of benzene rings is 1. The summed E-state index contributed by atoms with van der Waals surface area (Å²) in [4.78, 5) is 12.7. The van der Waals surface area contributed by atoms with E-state index in [0.29, 0.717) is 17.4 Å². The van der Waals surface area contributed by atoms with Crippen LogP contribution in [0.4, 0.5) is 0 Å². The van der Waals surface area contributed by atoms with Gasteiger partial charge in [-0.05, 0) is 37.2 Å². The number of rotatable bonds is 4. The van der Waals surface area contributed by atoms with Gasteiger partial charge in [-0.2, -0.15) is 10.2 Å². The van der Waals surface area contributed by atoms with Crippen molar-refractivity contribution in [2.24, 2.45) is 0 Å². The van der Waals surface area contributed by atoms with Crippen LogP contribution in [0, 0.1) is 4.77 Å². The lowest BCUT2D eigenvalue weighted by Crippen LogP contribution is -2.26. The van der Waals surface area contributed by atoms with E-state index in [4.69, 9.17) is 12.2 Å². The summed E-state index contributed by atoms with van der Waals surface area (Å²) in [5, 5.41) is 11.5. The van der Waals surface area contributed by atoms with Crippen LogP contribution in [0.5, 0.6) is 0 Å². The van der Waals surface area contributed by atoms with Gasteiger partial charge in [0.2, 0.25) is 0 Å². The lowest BCUT2D eigenvalue weighted by Gasteiger charge is -2.23. The fourth-order valence-corrected chi connectivity index (χ4v) is 3.81. The molecule has 1 saturated carbocycles. The Labute approximate surface area is 149 Å². The van der Waals surface area contributed by atoms with E-state index in [-0.39, 0.29) is 5.69 Å². The molecule has 1 fully saturated rings. The van der Waals surface area contributed by atoms with Gasteiger partial charge in [-0.1, -0.05) is 37.5 Å². The molecule has 0 amide bonds. The number of hydrogen-bond donors (Lipinski definition) is 1. The lowest BCUT2D eigenvalue weighted by molar-refractivity contribution is 0.340. The zero-order chi connectivity index (χ0) is 17.2. The van der Waals surface area contributed by atoms with Crippen LogP contribution in [0.1, 0.15) is 44.0 Å². The van der Waals surface area contributed by atoms with Crippen LogP contribution in [0.25, 0.3) is 5.69 Å². The molecule has 0 aliphatic heterocycles. The second kappa shape index (κ2) is 6.79. The summed E-state index contributed by atoms with van der Waals surface area (Å²) in [6.45, 7) is 0.308. The van der Waals surface area contributed by atoms with Crippen molar-refractivity contribution in [2.45, 2.75) is 44.7 Å². The topological polar surface area (TPSA) is 73.4 Å². The SMILES string of the molecule is O=c1n(-c2ccccc2)cnn1Cc1n[nH]c(=S)n1C1CCCCC1. The molecular formula is C17H20N6OS. The Bertz CT molecular complexity index is 961. The predicted molar refractivity (Wildman–Crippen MR) is 96.5 cm³/mol. The van der Waals surface area contributed by atoms with Gasteiger partial charge in [-0.3, -0.25) is 9.67 Å². The third-order valence-electron chi connectivity index (χ3n) is 4.78. The molecule has 130 valence electrons. The molecule has 1 N–H and O–H groups in total. The number of para-hydroxylation sites is 1. The minimum absolute atomic E-state index is 0.185. The van der Waals surface area contributed by atoms with Gasteiger partial charge in [0.25, 0.3) is 0 Å². The number of H-pyrrole nitrogens is 1. The van der Waals surface area contributed by atoms with E-state index in [1.807, 2.05) is 30.3 Å². The fourth-order valence-electron chi connectivity index (χ4n) is 3.51. The minimum Gasteiger partial charge on any atom is -0.299 e. The average Bonchev–Trinajstić information content (AvgIpc) is 3.20. The van der Waals surface area contributed by atoms with Crippen molar-refractivity contribution in [1.29, 1.82) is 0 Å². The maximum absolute atomic E-state index is 12.7. The van der Waals surface area contributed by atoms with E-state index in [0.717, 1.165) is 24.4 Å². The van der Waals surface area contributed by atoms with Gasteiger partial charge in [0, 0.05) is 6.04 Å². The van der Waals surface area contributed by atoms with Gasteiger partial charge in [0.05, 0.1) is 5.69 Å². The highest BCUT2D eigenvalue weighted by Gasteiger charge is 2.20. The second-order valence-corrected chi connectivity index (χ2v) is 6.77. The standard InChI is InChI=1S/C17H20N6OS/c24-17-21(13-7-3-1-4-8-13)12-18-22(17)11-15-19-20-16(25)23(15)14-9-5-2-6-10-14/h1,3-4,7-8,12,14H,2,5-6,9-11H2,(H,20,25). The second-order valence-electron chi connectivity index (χ2n) is 6.38. The molecule has 0 unspecified atom stereocenters. The third kappa shape index (κ3) is 3.09. The Hall–Kier alpha value is -2.48. The molecule has 25 heavy (non-hydrogen) atoms. The van der Waals surface area contributed by atoms with E-state index in [1.165, 1.54) is 28.5 Å². The Balaban J connectivity index is 1.65. The van der Waals surface area contributed by atoms with E-state index >= 15 is 0 Å². The van der Waals surface area contributed by atoms with Crippen LogP contribution in [-0.4, -0.2) is 29.1 Å². The van der Waals surface area contributed by atoms with Crippen LogP contribution in [0.15, 0.2) is 41.5 Å². The number of hydrogen-bond acceptors (Lipinski definition) is 4. The van der Waals surface area contributed by atoms with Crippen molar-refractivity contribution >= 4 is 12.2 Å². The molecule has 4 rings (SSSR count). The van der Waals surface area contributed by atoms with Crippen LogP contribution in [-0.2, 0) is 6.54 Å². The van der Waals surface area contributed by atoms with Crippen LogP contribution < -0.4 is 5.69 Å². The zero-order valence-electron chi connectivity index (χ0n) is 13.8. The predicted octanol–water partition coefficient (Wildman–Crippen LogP) is 2.84. The first kappa shape index (κ1) is 16.0. The smallest absolute Gasteiger partial charge is 0.299 e. The zero-order valence-corrected chi connectivity index (χ0v) is 14.7. The highest BCUT2D eigenvalue weighted by molar-refractivity contribution is 7.71. The summed E-state index contributed by atoms with van der Waals surface area (Å²) in [5.41, 5.74) is 0.611. The van der Waals surface area contributed by atoms with Crippen LogP contribution in [0.2, 0.25) is 0 Å². The molecule has 2 aromatic heterocycles. The van der Waals surface area contributed by atoms with Gasteiger partial charge in [-0.15, -0.1) is 0 Å². The molecule has 0 saturated heterocycles. The van der Waals surface area contributed by atoms with E-state index in [1.54, 1.807) is 6.33 Å². The summed E-state index contributed by atoms with van der Waals surface area (Å²) >= 11 is 5.42. The number of aromatic amines is 1. The van der Waals surface area contributed by atoms with E-state index < -0.39 is 0 Å². The van der Waals surface area contributed by atoms with Gasteiger partial charge in [0.15, 0.2) is 10.6 Å². The van der Waals surface area contributed by atoms with Gasteiger partial charge in [0.1, 0.15) is 12.9 Å². The van der Waals surface area contributed by atoms with Crippen LogP contribution >= 0.6 is 12.2 Å². The Morgan fingerprint density at radius 2 is 1.92 bits per heavy atom. The summed E-state index contributed by atoms with van der Waals surface area (Å²) < 4.78 is 5.66. The molecule has 0 bridgehead atoms. The van der Waals surface area contributed by atoms with Gasteiger partial charge >= 0.3 is 5.69 Å². The summed E-state index contributed by atoms with van der Waals surface area (Å²) in [6, 6.07) is 9.83. The third-order valence-corrected chi connectivity index (χ3v) is 5.06. The Kier molecular flexibility index (Phi) is 4.35. The highest BCUT2D eigenvalue weighted by atomic mass is 32.1. The maximum Gasteiger partial charge on any atom is 0.350 e. The average molecular weight is 356 g/mol. The number of nitrogens with one attached hydrogen (secondary N) is 1. The first-order valence-corrected chi connectivity index (χ1v) is 9.00. The van der Waals surface area contributed by atoms with E-state index in [9.17, 15) is 4.79 Å². The first-order valence-electron chi connectivity index (χ1n) is 8.60. The molecule has 0 spiro atoms. The largest absolute Gasteiger partial charge is 0.350 e. The summed E-state index contributed by atoms with van der Waals surface area (Å²) in [6.07, 6.45) is 7.45. The number of aromatic nitrogens is 6. The Morgan fingerprint density at radius 1 is 1.16 bits per heavy atom. The van der Waals surface area contributed by atoms with Crippen molar-refractivity contribution in [2.75, 3.05) is 0 Å². The number of nitrogens with zero attached hydrogens (tertiary/aromatic N) is 5. The van der Waals surface area contributed by atoms with E-state index in [2.05, 4.69) is 19.9 Å². The van der Waals surface area contributed by atoms with Gasteiger partial charge < -0.3 is 0 Å². The molecule has 3 aromatic rings. The molecule has 0 atom stereocenters. The molecule has 0 radical (unpaired) electrons.